The van der Waals surface area contributed by atoms with Gasteiger partial charge >= 0.3 is 0 Å². The molecule has 2 N–H and O–H groups in total. The molecule has 0 radical (unpaired) electrons. The van der Waals surface area contributed by atoms with E-state index in [1.54, 1.807) is 26.0 Å². The Balaban J connectivity index is 0.00000372. The third kappa shape index (κ3) is 5.69. The van der Waals surface area contributed by atoms with Gasteiger partial charge in [0.15, 0.2) is 0 Å². The number of halogens is 2. The van der Waals surface area contributed by atoms with Crippen LogP contribution in [0.5, 0.6) is 5.75 Å². The molecular formula is C36H42BrClN4O4. The Morgan fingerprint density at radius 2 is 1.65 bits per heavy atom. The number of nitrogens with zero attached hydrogens (tertiary/aromatic N) is 2. The van der Waals surface area contributed by atoms with Gasteiger partial charge in [-0.3, -0.25) is 14.4 Å². The number of hydrogen-bond acceptors (Lipinski definition) is 5. The van der Waals surface area contributed by atoms with E-state index >= 15 is 0 Å². The first kappa shape index (κ1) is 32.8. The van der Waals surface area contributed by atoms with Gasteiger partial charge in [0.05, 0.1) is 43.0 Å². The monoisotopic (exact) mass is 708 g/mol. The van der Waals surface area contributed by atoms with E-state index in [9.17, 15) is 14.4 Å². The molecule has 10 heteroatoms. The van der Waals surface area contributed by atoms with Gasteiger partial charge in [-0.1, -0.05) is 40.2 Å². The summed E-state index contributed by atoms with van der Waals surface area (Å²) >= 11 is 3.58. The lowest BCUT2D eigenvalue weighted by Crippen LogP contribution is -2.59. The van der Waals surface area contributed by atoms with Crippen molar-refractivity contribution < 1.29 is 19.1 Å². The number of carbonyl (C=O) groups is 3. The van der Waals surface area contributed by atoms with Gasteiger partial charge in [-0.2, -0.15) is 0 Å². The lowest BCUT2D eigenvalue weighted by Gasteiger charge is -2.56. The van der Waals surface area contributed by atoms with Crippen LogP contribution in [0.15, 0.2) is 59.1 Å². The summed E-state index contributed by atoms with van der Waals surface area (Å²) in [4.78, 5) is 46.4. The van der Waals surface area contributed by atoms with Crippen LogP contribution < -0.4 is 25.2 Å². The molecule has 46 heavy (non-hydrogen) atoms. The number of ether oxygens (including phenoxy) is 1. The smallest absolute Gasteiger partial charge is 0.251 e. The van der Waals surface area contributed by atoms with Gasteiger partial charge in [0.2, 0.25) is 11.8 Å². The lowest BCUT2D eigenvalue weighted by atomic mass is 9.49. The van der Waals surface area contributed by atoms with Crippen LogP contribution in [0.4, 0.5) is 11.4 Å². The van der Waals surface area contributed by atoms with Crippen LogP contribution in [-0.2, 0) is 20.9 Å². The second-order valence-corrected chi connectivity index (χ2v) is 14.6. The lowest BCUT2D eigenvalue weighted by molar-refractivity contribution is -0.143. The fourth-order valence-corrected chi connectivity index (χ4v) is 9.37. The highest BCUT2D eigenvalue weighted by Crippen LogP contribution is 2.61. The number of anilines is 2. The summed E-state index contributed by atoms with van der Waals surface area (Å²) in [5, 5.41) is 7.98. The second kappa shape index (κ2) is 12.8. The third-order valence-corrected chi connectivity index (χ3v) is 11.4. The molecule has 3 aromatic rings. The topological polar surface area (TPSA) is 91.0 Å². The van der Waals surface area contributed by atoms with Crippen molar-refractivity contribution >= 4 is 68.2 Å². The number of carbonyl (C=O) groups excluding carboxylic acids is 3. The van der Waals surface area contributed by atoms with Crippen molar-refractivity contribution in [1.82, 2.24) is 10.6 Å². The Morgan fingerprint density at radius 1 is 1.00 bits per heavy atom. The van der Waals surface area contributed by atoms with E-state index in [-0.39, 0.29) is 43.2 Å². The maximum absolute atomic E-state index is 14.9. The Labute approximate surface area is 285 Å². The number of amides is 3. The Morgan fingerprint density at radius 3 is 2.28 bits per heavy atom. The van der Waals surface area contributed by atoms with Gasteiger partial charge in [-0.25, -0.2) is 0 Å². The van der Waals surface area contributed by atoms with Crippen molar-refractivity contribution in [3.05, 3.63) is 64.6 Å². The molecule has 8 rings (SSSR count). The van der Waals surface area contributed by atoms with E-state index < -0.39 is 17.5 Å². The largest absolute Gasteiger partial charge is 0.496 e. The minimum Gasteiger partial charge on any atom is -0.496 e. The molecule has 1 heterocycles. The average Bonchev–Trinajstić information content (AvgIpc) is 3.14. The summed E-state index contributed by atoms with van der Waals surface area (Å²) in [7, 11) is 3.35. The predicted molar refractivity (Wildman–Crippen MR) is 186 cm³/mol. The van der Waals surface area contributed by atoms with Crippen molar-refractivity contribution in [2.75, 3.05) is 30.5 Å². The maximum Gasteiger partial charge on any atom is 0.251 e. The van der Waals surface area contributed by atoms with Gasteiger partial charge < -0.3 is 25.2 Å². The van der Waals surface area contributed by atoms with Gasteiger partial charge in [-0.15, -0.1) is 12.4 Å². The molecular weight excluding hydrogens is 668 g/mol. The standard InChI is InChI=1S/C36H41BrN4O4.ClH/c1-21(38-2)33(42)39-29-20-41(35(44)36-16-22-12-23(17-36)14-24(13-22)18-36)31-7-5-4-6-30(31)40(34(29)43)19-28-27-10-9-26(37)15-25(27)8-11-32(28)45-3;/h4-11,15,21-24,29,38H,12-14,16-20H2,1-3H3,(H,39,42);1H. The molecule has 0 aromatic heterocycles. The Kier molecular flexibility index (Phi) is 9.13. The van der Waals surface area contributed by atoms with Crippen LogP contribution in [-0.4, -0.2) is 50.5 Å². The van der Waals surface area contributed by atoms with E-state index in [1.807, 2.05) is 59.5 Å². The van der Waals surface area contributed by atoms with Crippen LogP contribution in [0.25, 0.3) is 10.8 Å². The summed E-state index contributed by atoms with van der Waals surface area (Å²) in [6, 6.07) is 16.3. The first-order valence-corrected chi connectivity index (χ1v) is 16.9. The van der Waals surface area contributed by atoms with E-state index in [2.05, 4.69) is 26.6 Å². The van der Waals surface area contributed by atoms with Gasteiger partial charge in [0.1, 0.15) is 11.8 Å². The van der Waals surface area contributed by atoms with Crippen molar-refractivity contribution in [1.29, 1.82) is 0 Å². The summed E-state index contributed by atoms with van der Waals surface area (Å²) in [5.41, 5.74) is 1.83. The molecule has 8 nitrogen and oxygen atoms in total. The van der Waals surface area contributed by atoms with E-state index in [1.165, 1.54) is 19.3 Å². The molecule has 3 aromatic carbocycles. The SMILES string of the molecule is CNC(C)C(=O)NC1CN(C(=O)C23CC4CC(CC(C4)C2)C3)c2ccccc2N(Cc2c(OC)ccc3cc(Br)ccc23)C1=O.Cl. The zero-order chi connectivity index (χ0) is 31.5. The first-order valence-electron chi connectivity index (χ1n) is 16.1. The molecule has 4 fully saturated rings. The van der Waals surface area contributed by atoms with Crippen LogP contribution in [0.2, 0.25) is 0 Å². The van der Waals surface area contributed by atoms with Crippen LogP contribution in [0.3, 0.4) is 0 Å². The number of fused-ring (bicyclic) bond motifs is 2. The Bertz CT molecular complexity index is 1650. The molecule has 2 unspecified atom stereocenters. The highest BCUT2D eigenvalue weighted by Gasteiger charge is 2.56. The molecule has 3 amide bonds. The number of nitrogens with one attached hydrogen (secondary N) is 2. The number of likely N-dealkylation sites (N-methyl/N-ethyl adjacent to an activating group) is 1. The maximum atomic E-state index is 14.9. The molecule has 4 bridgehead atoms. The molecule has 0 spiro atoms. The number of methoxy groups -OCH3 is 1. The molecule has 244 valence electrons. The van der Waals surface area contributed by atoms with Crippen molar-refractivity contribution in [3.63, 3.8) is 0 Å². The predicted octanol–water partition coefficient (Wildman–Crippen LogP) is 6.22. The fourth-order valence-electron chi connectivity index (χ4n) is 8.99. The average molecular weight is 710 g/mol. The second-order valence-electron chi connectivity index (χ2n) is 13.7. The van der Waals surface area contributed by atoms with Crippen molar-refractivity contribution in [3.8, 4) is 5.75 Å². The summed E-state index contributed by atoms with van der Waals surface area (Å²) in [6.45, 7) is 2.07. The number of benzene rings is 3. The fraction of sp³-hybridized carbons (Fsp3) is 0.472. The minimum atomic E-state index is -0.923. The van der Waals surface area contributed by atoms with Crippen molar-refractivity contribution in [2.45, 2.75) is 64.1 Å². The number of hydrogen-bond donors (Lipinski definition) is 2. The van der Waals surface area contributed by atoms with Crippen LogP contribution in [0.1, 0.15) is 51.0 Å². The molecule has 4 saturated carbocycles. The highest BCUT2D eigenvalue weighted by molar-refractivity contribution is 9.10. The number of rotatable bonds is 7. The molecule has 5 aliphatic rings. The van der Waals surface area contributed by atoms with E-state index in [0.717, 1.165) is 40.1 Å². The summed E-state index contributed by atoms with van der Waals surface area (Å²) in [6.07, 6.45) is 6.47. The minimum absolute atomic E-state index is 0. The van der Waals surface area contributed by atoms with Crippen LogP contribution >= 0.6 is 28.3 Å². The molecule has 2 atom stereocenters. The molecule has 4 aliphatic carbocycles. The van der Waals surface area contributed by atoms with Gasteiger partial charge in [-0.05, 0) is 111 Å². The zero-order valence-corrected chi connectivity index (χ0v) is 29.0. The van der Waals surface area contributed by atoms with Crippen LogP contribution in [0, 0.1) is 23.2 Å². The van der Waals surface area contributed by atoms with Gasteiger partial charge in [0.25, 0.3) is 5.91 Å². The quantitative estimate of drug-likeness (QED) is 0.304. The van der Waals surface area contributed by atoms with Crippen molar-refractivity contribution in [2.24, 2.45) is 23.2 Å². The number of para-hydroxylation sites is 2. The molecule has 0 saturated heterocycles. The first-order chi connectivity index (χ1) is 21.7. The normalized spacial score (nSPS) is 27.1. The molecule has 1 aliphatic heterocycles. The van der Waals surface area contributed by atoms with E-state index in [4.69, 9.17) is 4.74 Å². The Hall–Kier alpha value is -3.14. The van der Waals surface area contributed by atoms with E-state index in [0.29, 0.717) is 34.9 Å². The summed E-state index contributed by atoms with van der Waals surface area (Å²) < 4.78 is 6.78. The summed E-state index contributed by atoms with van der Waals surface area (Å²) in [5.74, 6) is 2.05. The highest BCUT2D eigenvalue weighted by atomic mass is 79.9. The third-order valence-electron chi connectivity index (χ3n) is 10.9. The zero-order valence-electron chi connectivity index (χ0n) is 26.6. The van der Waals surface area contributed by atoms with Gasteiger partial charge in [0, 0.05) is 10.0 Å².